The molecule has 1 atom stereocenters. The first kappa shape index (κ1) is 35.0. The van der Waals surface area contributed by atoms with Crippen LogP contribution in [0.4, 0.5) is 24.7 Å². The third-order valence-electron chi connectivity index (χ3n) is 10.8. The lowest BCUT2D eigenvalue weighted by Gasteiger charge is -2.39. The lowest BCUT2D eigenvalue weighted by Crippen LogP contribution is -2.47. The molecule has 0 saturated carbocycles. The van der Waals surface area contributed by atoms with Crippen LogP contribution in [0, 0.1) is 0 Å². The van der Waals surface area contributed by atoms with Gasteiger partial charge in [0.25, 0.3) is 11.5 Å². The molecule has 1 spiro atoms. The monoisotopic (exact) mass is 753 g/mol. The quantitative estimate of drug-likeness (QED) is 0.289. The van der Waals surface area contributed by atoms with Gasteiger partial charge in [0.05, 0.1) is 29.5 Å². The fourth-order valence-electron chi connectivity index (χ4n) is 8.04. The van der Waals surface area contributed by atoms with Gasteiger partial charge in [0.2, 0.25) is 11.7 Å². The first-order chi connectivity index (χ1) is 25.3. The second-order valence-electron chi connectivity index (χ2n) is 14.0. The Labute approximate surface area is 305 Å². The standard InChI is InChI=1S/C35H35ClF3N9O5/c1-19-16-34(7-11-46(12-8-34)32(52)26-28(50)30(41-18-40-26)45-9-2-10-45)25-27(19)47(17-24(49)42-23-4-3-21(15-22(23)36)35(37,38)39)33-43-29(44-48(33)31(25)51)20-5-13-53-14-6-20/h3-5,15,18-19,50H,2,6-14,16-17H2,1H3,(H,42,49)/t19-/m0/s1. The highest BCUT2D eigenvalue weighted by molar-refractivity contribution is 6.33. The zero-order valence-electron chi connectivity index (χ0n) is 28.6. The zero-order chi connectivity index (χ0) is 37.2. The van der Waals surface area contributed by atoms with E-state index in [0.717, 1.165) is 43.3 Å². The number of benzene rings is 1. The molecular weight excluding hydrogens is 719 g/mol. The van der Waals surface area contributed by atoms with Gasteiger partial charge in [-0.15, -0.1) is 5.10 Å². The van der Waals surface area contributed by atoms with Crippen LogP contribution in [-0.4, -0.2) is 90.3 Å². The lowest BCUT2D eigenvalue weighted by atomic mass is 9.73. The molecule has 18 heteroatoms. The lowest BCUT2D eigenvalue weighted by molar-refractivity contribution is -0.137. The summed E-state index contributed by atoms with van der Waals surface area (Å²) in [6.45, 7) is 4.50. The topological polar surface area (TPSA) is 160 Å². The minimum absolute atomic E-state index is 0.00108. The number of hydrogen-bond acceptors (Lipinski definition) is 10. The van der Waals surface area contributed by atoms with Crippen molar-refractivity contribution in [2.75, 3.05) is 49.6 Å². The predicted molar refractivity (Wildman–Crippen MR) is 186 cm³/mol. The summed E-state index contributed by atoms with van der Waals surface area (Å²) in [5.74, 6) is -0.661. The third kappa shape index (κ3) is 6.08. The Morgan fingerprint density at radius 2 is 1.92 bits per heavy atom. The second kappa shape index (κ2) is 13.1. The van der Waals surface area contributed by atoms with E-state index in [1.807, 2.05) is 17.9 Å². The number of alkyl halides is 3. The number of carbonyl (C=O) groups is 2. The molecule has 2 N–H and O–H groups in total. The van der Waals surface area contributed by atoms with Crippen LogP contribution in [0.3, 0.4) is 0 Å². The van der Waals surface area contributed by atoms with Crippen LogP contribution in [0.25, 0.3) is 11.4 Å². The van der Waals surface area contributed by atoms with Gasteiger partial charge in [0.15, 0.2) is 23.1 Å². The number of piperidine rings is 1. The number of likely N-dealkylation sites (tertiary alicyclic amines) is 1. The minimum atomic E-state index is -4.61. The van der Waals surface area contributed by atoms with Gasteiger partial charge in [-0.05, 0) is 61.8 Å². The highest BCUT2D eigenvalue weighted by Crippen LogP contribution is 2.50. The maximum Gasteiger partial charge on any atom is 0.416 e. The molecule has 0 bridgehead atoms. The fraction of sp³-hybridized carbons (Fsp3) is 0.457. The molecule has 53 heavy (non-hydrogen) atoms. The number of hydrogen-bond donors (Lipinski definition) is 2. The Morgan fingerprint density at radius 1 is 1.15 bits per heavy atom. The Hall–Kier alpha value is -5.03. The van der Waals surface area contributed by atoms with Crippen LogP contribution < -0.4 is 15.8 Å². The summed E-state index contributed by atoms with van der Waals surface area (Å²) in [6.07, 6.45) is 1.44. The first-order valence-corrected chi connectivity index (χ1v) is 17.8. The number of carbonyl (C=O) groups excluding carboxylic acids is 2. The van der Waals surface area contributed by atoms with Crippen molar-refractivity contribution in [2.45, 2.75) is 63.1 Å². The van der Waals surface area contributed by atoms with E-state index in [1.54, 1.807) is 9.47 Å². The first-order valence-electron chi connectivity index (χ1n) is 17.4. The van der Waals surface area contributed by atoms with Gasteiger partial charge < -0.3 is 29.5 Å². The molecule has 0 unspecified atom stereocenters. The molecule has 2 amide bonds. The molecule has 2 saturated heterocycles. The number of aromatic hydroxyl groups is 1. The van der Waals surface area contributed by atoms with Gasteiger partial charge in [-0.2, -0.15) is 22.7 Å². The van der Waals surface area contributed by atoms with Crippen molar-refractivity contribution in [2.24, 2.45) is 0 Å². The van der Waals surface area contributed by atoms with E-state index in [4.69, 9.17) is 21.3 Å². The summed E-state index contributed by atoms with van der Waals surface area (Å²) in [7, 11) is 0. The third-order valence-corrected chi connectivity index (χ3v) is 11.1. The average molecular weight is 754 g/mol. The number of nitrogens with one attached hydrogen (secondary N) is 1. The molecule has 4 aliphatic rings. The van der Waals surface area contributed by atoms with E-state index in [1.165, 1.54) is 10.8 Å². The minimum Gasteiger partial charge on any atom is -0.503 e. The number of anilines is 2. The summed E-state index contributed by atoms with van der Waals surface area (Å²) in [6, 6.07) is 2.68. The molecule has 0 radical (unpaired) electrons. The summed E-state index contributed by atoms with van der Waals surface area (Å²) < 4.78 is 48.1. The van der Waals surface area contributed by atoms with Crippen LogP contribution in [0.5, 0.6) is 5.75 Å². The molecule has 2 fully saturated rings. The van der Waals surface area contributed by atoms with Crippen molar-refractivity contribution in [3.8, 4) is 5.75 Å². The second-order valence-corrected chi connectivity index (χ2v) is 14.4. The number of nitrogens with zero attached hydrogens (tertiary/aromatic N) is 8. The van der Waals surface area contributed by atoms with Crippen molar-refractivity contribution < 1.29 is 32.6 Å². The summed E-state index contributed by atoms with van der Waals surface area (Å²) in [5, 5.41) is 17.9. The molecule has 3 aliphatic heterocycles. The van der Waals surface area contributed by atoms with Crippen molar-refractivity contribution >= 4 is 46.3 Å². The Morgan fingerprint density at radius 3 is 2.58 bits per heavy atom. The fourth-order valence-corrected chi connectivity index (χ4v) is 8.27. The van der Waals surface area contributed by atoms with E-state index in [9.17, 15) is 32.7 Å². The van der Waals surface area contributed by atoms with Crippen LogP contribution >= 0.6 is 11.6 Å². The van der Waals surface area contributed by atoms with E-state index < -0.39 is 29.0 Å². The number of amides is 2. The maximum atomic E-state index is 14.5. The molecule has 3 aromatic heterocycles. The Balaban J connectivity index is 1.13. The van der Waals surface area contributed by atoms with Crippen LogP contribution in [0.15, 0.2) is 35.4 Å². The molecule has 1 aromatic carbocycles. The maximum absolute atomic E-state index is 14.5. The van der Waals surface area contributed by atoms with E-state index in [0.29, 0.717) is 61.8 Å². The smallest absolute Gasteiger partial charge is 0.416 e. The van der Waals surface area contributed by atoms with Crippen molar-refractivity contribution in [1.82, 2.24) is 34.0 Å². The van der Waals surface area contributed by atoms with Crippen LogP contribution in [0.2, 0.25) is 5.02 Å². The average Bonchev–Trinajstić information content (AvgIpc) is 3.68. The van der Waals surface area contributed by atoms with Crippen LogP contribution in [-0.2, 0) is 27.7 Å². The molecular formula is C35H35ClF3N9O5. The molecule has 8 rings (SSSR count). The summed E-state index contributed by atoms with van der Waals surface area (Å²) >= 11 is 6.16. The molecule has 4 aromatic rings. The number of ether oxygens (including phenoxy) is 1. The predicted octanol–water partition coefficient (Wildman–Crippen LogP) is 4.39. The van der Waals surface area contributed by atoms with Gasteiger partial charge >= 0.3 is 6.18 Å². The summed E-state index contributed by atoms with van der Waals surface area (Å²) in [5.41, 5.74) is -0.133. The van der Waals surface area contributed by atoms with Gasteiger partial charge in [-0.1, -0.05) is 24.6 Å². The SMILES string of the molecule is C[C@H]1CC2(CCN(C(=O)c3ncnc(N4CCC4)c3O)CC2)c2c1n(CC(=O)Nc1ccc(C(F)(F)F)cc1Cl)c1nc(C3=CCOCC3)nn1c2=O. The number of rotatable bonds is 6. The molecule has 278 valence electrons. The summed E-state index contributed by atoms with van der Waals surface area (Å²) in [4.78, 5) is 58.3. The van der Waals surface area contributed by atoms with E-state index in [2.05, 4.69) is 20.4 Å². The molecule has 14 nitrogen and oxygen atoms in total. The van der Waals surface area contributed by atoms with Crippen molar-refractivity contribution in [1.29, 1.82) is 0 Å². The number of fused-ring (bicyclic) bond motifs is 3. The van der Waals surface area contributed by atoms with Crippen molar-refractivity contribution in [3.05, 3.63) is 74.3 Å². The number of halogens is 4. The van der Waals surface area contributed by atoms with Gasteiger partial charge in [0, 0.05) is 42.9 Å². The van der Waals surface area contributed by atoms with Gasteiger partial charge in [-0.3, -0.25) is 14.4 Å². The number of aromatic nitrogens is 6. The van der Waals surface area contributed by atoms with Gasteiger partial charge in [0.1, 0.15) is 12.9 Å². The molecule has 1 aliphatic carbocycles. The zero-order valence-corrected chi connectivity index (χ0v) is 29.4. The van der Waals surface area contributed by atoms with E-state index in [-0.39, 0.29) is 59.0 Å². The van der Waals surface area contributed by atoms with Crippen LogP contribution in [0.1, 0.15) is 78.1 Å². The highest BCUT2D eigenvalue weighted by Gasteiger charge is 2.49. The van der Waals surface area contributed by atoms with Crippen molar-refractivity contribution in [3.63, 3.8) is 0 Å². The van der Waals surface area contributed by atoms with E-state index >= 15 is 0 Å². The Kier molecular flexibility index (Phi) is 8.67. The highest BCUT2D eigenvalue weighted by atomic mass is 35.5. The normalized spacial score (nSPS) is 19.6. The van der Waals surface area contributed by atoms with Gasteiger partial charge in [-0.25, -0.2) is 9.97 Å². The molecule has 6 heterocycles. The largest absolute Gasteiger partial charge is 0.503 e. The Bertz CT molecular complexity index is 2240.